The summed E-state index contributed by atoms with van der Waals surface area (Å²) in [6.45, 7) is 3.65. The summed E-state index contributed by atoms with van der Waals surface area (Å²) in [5.41, 5.74) is 2.95. The van der Waals surface area contributed by atoms with Crippen molar-refractivity contribution in [2.45, 2.75) is 25.3 Å². The molecule has 0 amide bonds. The smallest absolute Gasteiger partial charge is 0.241 e. The number of nitrogens with zero attached hydrogens (tertiary/aromatic N) is 1. The maximum atomic E-state index is 12.4. The molecule has 0 radical (unpaired) electrons. The first-order valence-corrected chi connectivity index (χ1v) is 8.35. The highest BCUT2D eigenvalue weighted by molar-refractivity contribution is 7.89. The SMILES string of the molecule is Cc1ccc(C)c(S(=O)(=O)NCc2nc3ccccc3o2)c1. The molecule has 6 heteroatoms. The lowest BCUT2D eigenvalue weighted by Crippen LogP contribution is -2.24. The second kappa shape index (κ2) is 5.55. The molecule has 3 rings (SSSR count). The van der Waals surface area contributed by atoms with Gasteiger partial charge >= 0.3 is 0 Å². The van der Waals surface area contributed by atoms with Gasteiger partial charge in [-0.15, -0.1) is 0 Å². The first kappa shape index (κ1) is 14.7. The molecule has 114 valence electrons. The molecule has 1 aromatic heterocycles. The number of para-hydroxylation sites is 2. The first-order valence-electron chi connectivity index (χ1n) is 6.87. The third-order valence-corrected chi connectivity index (χ3v) is 4.93. The Kier molecular flexibility index (Phi) is 3.72. The molecule has 5 nitrogen and oxygen atoms in total. The number of sulfonamides is 1. The summed E-state index contributed by atoms with van der Waals surface area (Å²) in [6.07, 6.45) is 0. The molecule has 0 spiro atoms. The van der Waals surface area contributed by atoms with Gasteiger partial charge in [0.25, 0.3) is 0 Å². The average molecular weight is 316 g/mol. The van der Waals surface area contributed by atoms with Crippen molar-refractivity contribution in [3.8, 4) is 0 Å². The summed E-state index contributed by atoms with van der Waals surface area (Å²) in [6, 6.07) is 12.7. The number of aromatic nitrogens is 1. The van der Waals surface area contributed by atoms with Crippen molar-refractivity contribution in [2.75, 3.05) is 0 Å². The van der Waals surface area contributed by atoms with Crippen molar-refractivity contribution in [3.05, 3.63) is 59.5 Å². The molecule has 0 aliphatic carbocycles. The number of nitrogens with one attached hydrogen (secondary N) is 1. The third-order valence-electron chi connectivity index (χ3n) is 3.38. The summed E-state index contributed by atoms with van der Waals surface area (Å²) >= 11 is 0. The maximum Gasteiger partial charge on any atom is 0.241 e. The van der Waals surface area contributed by atoms with Crippen molar-refractivity contribution in [1.82, 2.24) is 9.71 Å². The molecule has 0 bridgehead atoms. The van der Waals surface area contributed by atoms with Crippen LogP contribution in [0.4, 0.5) is 0 Å². The van der Waals surface area contributed by atoms with Crippen LogP contribution < -0.4 is 4.72 Å². The summed E-state index contributed by atoms with van der Waals surface area (Å²) in [5, 5.41) is 0. The summed E-state index contributed by atoms with van der Waals surface area (Å²) in [5.74, 6) is 0.343. The number of aryl methyl sites for hydroxylation is 2. The molecule has 1 heterocycles. The van der Waals surface area contributed by atoms with E-state index in [9.17, 15) is 8.42 Å². The Morgan fingerprint density at radius 1 is 1.14 bits per heavy atom. The third kappa shape index (κ3) is 2.88. The predicted octanol–water partition coefficient (Wildman–Crippen LogP) is 2.92. The number of hydrogen-bond donors (Lipinski definition) is 1. The maximum absolute atomic E-state index is 12.4. The molecule has 0 unspecified atom stereocenters. The van der Waals surface area contributed by atoms with Gasteiger partial charge in [-0.25, -0.2) is 18.1 Å². The van der Waals surface area contributed by atoms with Gasteiger partial charge in [-0.3, -0.25) is 0 Å². The monoisotopic (exact) mass is 316 g/mol. The Bertz CT molecular complexity index is 896. The quantitative estimate of drug-likeness (QED) is 0.803. The molecule has 2 aromatic carbocycles. The highest BCUT2D eigenvalue weighted by atomic mass is 32.2. The molecule has 0 aliphatic rings. The van der Waals surface area contributed by atoms with E-state index >= 15 is 0 Å². The zero-order chi connectivity index (χ0) is 15.7. The van der Waals surface area contributed by atoms with E-state index in [-0.39, 0.29) is 11.4 Å². The molecule has 0 atom stereocenters. The number of rotatable bonds is 4. The fourth-order valence-corrected chi connectivity index (χ4v) is 3.53. The zero-order valence-electron chi connectivity index (χ0n) is 12.3. The summed E-state index contributed by atoms with van der Waals surface area (Å²) in [4.78, 5) is 4.54. The van der Waals surface area contributed by atoms with Crippen LogP contribution in [0.15, 0.2) is 51.8 Å². The number of fused-ring (bicyclic) bond motifs is 1. The topological polar surface area (TPSA) is 72.2 Å². The van der Waals surface area contributed by atoms with E-state index in [1.54, 1.807) is 25.1 Å². The van der Waals surface area contributed by atoms with Crippen LogP contribution in [0.3, 0.4) is 0 Å². The normalized spacial score (nSPS) is 11.9. The minimum absolute atomic E-state index is 0.0182. The Labute approximate surface area is 129 Å². The van der Waals surface area contributed by atoms with E-state index in [4.69, 9.17) is 4.42 Å². The Morgan fingerprint density at radius 2 is 1.91 bits per heavy atom. The second-order valence-electron chi connectivity index (χ2n) is 5.17. The van der Waals surface area contributed by atoms with Crippen LogP contribution in [0.25, 0.3) is 11.1 Å². The van der Waals surface area contributed by atoms with E-state index in [0.29, 0.717) is 22.6 Å². The van der Waals surface area contributed by atoms with E-state index in [1.165, 1.54) is 0 Å². The van der Waals surface area contributed by atoms with Gasteiger partial charge in [0.1, 0.15) is 5.52 Å². The molecular weight excluding hydrogens is 300 g/mol. The lowest BCUT2D eigenvalue weighted by atomic mass is 10.2. The number of hydrogen-bond acceptors (Lipinski definition) is 4. The fraction of sp³-hybridized carbons (Fsp3) is 0.188. The van der Waals surface area contributed by atoms with Crippen LogP contribution in [0.1, 0.15) is 17.0 Å². The van der Waals surface area contributed by atoms with Crippen molar-refractivity contribution >= 4 is 21.1 Å². The summed E-state index contributed by atoms with van der Waals surface area (Å²) in [7, 11) is -3.60. The van der Waals surface area contributed by atoms with E-state index in [0.717, 1.165) is 5.56 Å². The fourth-order valence-electron chi connectivity index (χ4n) is 2.23. The number of oxazole rings is 1. The van der Waals surface area contributed by atoms with Crippen LogP contribution in [-0.4, -0.2) is 13.4 Å². The van der Waals surface area contributed by atoms with E-state index in [1.807, 2.05) is 31.2 Å². The first-order chi connectivity index (χ1) is 10.5. The van der Waals surface area contributed by atoms with Gasteiger partial charge < -0.3 is 4.42 Å². The predicted molar refractivity (Wildman–Crippen MR) is 84.0 cm³/mol. The average Bonchev–Trinajstić information content (AvgIpc) is 2.90. The minimum atomic E-state index is -3.60. The van der Waals surface area contributed by atoms with Gasteiger partial charge in [0, 0.05) is 0 Å². The largest absolute Gasteiger partial charge is 0.439 e. The van der Waals surface area contributed by atoms with Crippen LogP contribution >= 0.6 is 0 Å². The second-order valence-corrected chi connectivity index (χ2v) is 6.90. The molecule has 0 saturated carbocycles. The summed E-state index contributed by atoms with van der Waals surface area (Å²) < 4.78 is 32.9. The molecule has 22 heavy (non-hydrogen) atoms. The molecular formula is C16H16N2O3S. The van der Waals surface area contributed by atoms with Gasteiger partial charge in [0.15, 0.2) is 5.58 Å². The highest BCUT2D eigenvalue weighted by Crippen LogP contribution is 2.18. The van der Waals surface area contributed by atoms with Crippen molar-refractivity contribution < 1.29 is 12.8 Å². The molecule has 0 fully saturated rings. The van der Waals surface area contributed by atoms with Gasteiger partial charge in [-0.2, -0.15) is 0 Å². The van der Waals surface area contributed by atoms with Crippen LogP contribution in [-0.2, 0) is 16.6 Å². The number of benzene rings is 2. The van der Waals surface area contributed by atoms with Crippen LogP contribution in [0.5, 0.6) is 0 Å². The van der Waals surface area contributed by atoms with Crippen molar-refractivity contribution in [1.29, 1.82) is 0 Å². The van der Waals surface area contributed by atoms with Crippen LogP contribution in [0, 0.1) is 13.8 Å². The van der Waals surface area contributed by atoms with E-state index < -0.39 is 10.0 Å². The molecule has 3 aromatic rings. The zero-order valence-corrected chi connectivity index (χ0v) is 13.1. The van der Waals surface area contributed by atoms with Crippen molar-refractivity contribution in [2.24, 2.45) is 0 Å². The molecule has 1 N–H and O–H groups in total. The van der Waals surface area contributed by atoms with Gasteiger partial charge in [-0.1, -0.05) is 24.3 Å². The lowest BCUT2D eigenvalue weighted by molar-refractivity contribution is 0.513. The van der Waals surface area contributed by atoms with Crippen LogP contribution in [0.2, 0.25) is 0 Å². The van der Waals surface area contributed by atoms with Gasteiger partial charge in [-0.05, 0) is 43.2 Å². The van der Waals surface area contributed by atoms with Crippen molar-refractivity contribution in [3.63, 3.8) is 0 Å². The highest BCUT2D eigenvalue weighted by Gasteiger charge is 2.18. The molecule has 0 aliphatic heterocycles. The Balaban J connectivity index is 1.84. The lowest BCUT2D eigenvalue weighted by Gasteiger charge is -2.08. The standard InChI is InChI=1S/C16H16N2O3S/c1-11-7-8-12(2)15(9-11)22(19,20)17-10-16-18-13-5-3-4-6-14(13)21-16/h3-9,17H,10H2,1-2H3. The molecule has 0 saturated heterocycles. The Morgan fingerprint density at radius 3 is 2.68 bits per heavy atom. The Hall–Kier alpha value is -2.18. The van der Waals surface area contributed by atoms with Gasteiger partial charge in [0.2, 0.25) is 15.9 Å². The van der Waals surface area contributed by atoms with E-state index in [2.05, 4.69) is 9.71 Å². The van der Waals surface area contributed by atoms with Gasteiger partial charge in [0.05, 0.1) is 11.4 Å². The minimum Gasteiger partial charge on any atom is -0.439 e.